The zero-order chi connectivity index (χ0) is 16.1. The zero-order valence-corrected chi connectivity index (χ0v) is 13.3. The molecule has 2 N–H and O–H groups in total. The van der Waals surface area contributed by atoms with Crippen LogP contribution in [0.4, 0.5) is 5.69 Å². The van der Waals surface area contributed by atoms with Crippen molar-refractivity contribution in [2.24, 2.45) is 0 Å². The average molecular weight is 337 g/mol. The largest absolute Gasteiger partial charge is 0.341 e. The zero-order valence-electron chi connectivity index (χ0n) is 11.8. The van der Waals surface area contributed by atoms with Gasteiger partial charge in [-0.3, -0.25) is 9.59 Å². The van der Waals surface area contributed by atoms with E-state index in [4.69, 9.17) is 23.2 Å². The van der Waals surface area contributed by atoms with Crippen molar-refractivity contribution in [1.29, 1.82) is 0 Å². The van der Waals surface area contributed by atoms with Crippen LogP contribution in [-0.4, -0.2) is 17.9 Å². The molecule has 6 heteroatoms. The van der Waals surface area contributed by atoms with E-state index < -0.39 is 6.04 Å². The van der Waals surface area contributed by atoms with Gasteiger partial charge in [0.1, 0.15) is 6.04 Å². The van der Waals surface area contributed by atoms with Gasteiger partial charge < -0.3 is 10.6 Å². The molecule has 4 nitrogen and oxygen atoms in total. The molecule has 22 heavy (non-hydrogen) atoms. The number of nitrogens with one attached hydrogen (secondary N) is 2. The van der Waals surface area contributed by atoms with Gasteiger partial charge in [0, 0.05) is 21.3 Å². The van der Waals surface area contributed by atoms with Gasteiger partial charge in [0.15, 0.2) is 0 Å². The quantitative estimate of drug-likeness (QED) is 0.893. The summed E-state index contributed by atoms with van der Waals surface area (Å²) >= 11 is 11.5. The Morgan fingerprint density at radius 2 is 1.41 bits per heavy atom. The van der Waals surface area contributed by atoms with Crippen LogP contribution in [0.25, 0.3) is 0 Å². The van der Waals surface area contributed by atoms with E-state index in [-0.39, 0.29) is 11.8 Å². The van der Waals surface area contributed by atoms with Crippen LogP contribution in [0.3, 0.4) is 0 Å². The van der Waals surface area contributed by atoms with E-state index >= 15 is 0 Å². The van der Waals surface area contributed by atoms with Gasteiger partial charge in [-0.1, -0.05) is 23.2 Å². The SMILES string of the molecule is CC(NC(=O)c1ccc(Cl)cc1)C(=O)Nc1ccc(Cl)cc1. The minimum atomic E-state index is -0.682. The summed E-state index contributed by atoms with van der Waals surface area (Å²) in [6.07, 6.45) is 0. The van der Waals surface area contributed by atoms with E-state index in [2.05, 4.69) is 10.6 Å². The normalized spacial score (nSPS) is 11.6. The molecule has 0 heterocycles. The molecule has 0 aliphatic carbocycles. The lowest BCUT2D eigenvalue weighted by Gasteiger charge is -2.14. The van der Waals surface area contributed by atoms with Gasteiger partial charge in [-0.05, 0) is 55.5 Å². The molecule has 0 bridgehead atoms. The second-order valence-electron chi connectivity index (χ2n) is 4.70. The van der Waals surface area contributed by atoms with Gasteiger partial charge >= 0.3 is 0 Å². The van der Waals surface area contributed by atoms with Crippen LogP contribution in [-0.2, 0) is 4.79 Å². The molecule has 0 aliphatic heterocycles. The number of rotatable bonds is 4. The molecule has 0 aliphatic rings. The number of carbonyl (C=O) groups excluding carboxylic acids is 2. The van der Waals surface area contributed by atoms with E-state index in [1.807, 2.05) is 0 Å². The van der Waals surface area contributed by atoms with Crippen LogP contribution in [0, 0.1) is 0 Å². The van der Waals surface area contributed by atoms with Crippen LogP contribution in [0.2, 0.25) is 10.0 Å². The van der Waals surface area contributed by atoms with Gasteiger partial charge in [-0.15, -0.1) is 0 Å². The van der Waals surface area contributed by atoms with Gasteiger partial charge in [0.2, 0.25) is 5.91 Å². The van der Waals surface area contributed by atoms with Crippen molar-refractivity contribution in [1.82, 2.24) is 5.32 Å². The van der Waals surface area contributed by atoms with Crippen LogP contribution >= 0.6 is 23.2 Å². The third kappa shape index (κ3) is 4.48. The highest BCUT2D eigenvalue weighted by Crippen LogP contribution is 2.14. The molecule has 1 unspecified atom stereocenters. The van der Waals surface area contributed by atoms with E-state index in [0.29, 0.717) is 21.3 Å². The third-order valence-electron chi connectivity index (χ3n) is 2.96. The monoisotopic (exact) mass is 336 g/mol. The first kappa shape index (κ1) is 16.3. The molecule has 1 atom stereocenters. The topological polar surface area (TPSA) is 58.2 Å². The molecule has 2 aromatic carbocycles. The maximum atomic E-state index is 12.0. The fraction of sp³-hybridized carbons (Fsp3) is 0.125. The Morgan fingerprint density at radius 1 is 0.909 bits per heavy atom. The van der Waals surface area contributed by atoms with Crippen molar-refractivity contribution in [3.05, 3.63) is 64.1 Å². The van der Waals surface area contributed by atoms with Crippen molar-refractivity contribution in [2.45, 2.75) is 13.0 Å². The molecular formula is C16H14Cl2N2O2. The molecule has 0 fully saturated rings. The summed E-state index contributed by atoms with van der Waals surface area (Å²) in [5.41, 5.74) is 1.05. The summed E-state index contributed by atoms with van der Waals surface area (Å²) < 4.78 is 0. The first-order valence-corrected chi connectivity index (χ1v) is 7.34. The molecule has 2 amide bonds. The van der Waals surface area contributed by atoms with E-state index in [1.54, 1.807) is 55.5 Å². The van der Waals surface area contributed by atoms with Gasteiger partial charge in [-0.25, -0.2) is 0 Å². The predicted octanol–water partition coefficient (Wildman–Crippen LogP) is 3.75. The second kappa shape index (κ2) is 7.29. The highest BCUT2D eigenvalue weighted by Gasteiger charge is 2.16. The van der Waals surface area contributed by atoms with Crippen molar-refractivity contribution in [3.8, 4) is 0 Å². The van der Waals surface area contributed by atoms with Crippen molar-refractivity contribution >= 4 is 40.7 Å². The van der Waals surface area contributed by atoms with Crippen LogP contribution in [0.1, 0.15) is 17.3 Å². The van der Waals surface area contributed by atoms with Gasteiger partial charge in [0.25, 0.3) is 5.91 Å². The Morgan fingerprint density at radius 3 is 1.95 bits per heavy atom. The fourth-order valence-corrected chi connectivity index (χ4v) is 1.98. The maximum absolute atomic E-state index is 12.0. The first-order chi connectivity index (χ1) is 10.5. The minimum absolute atomic E-state index is 0.315. The molecule has 0 saturated heterocycles. The lowest BCUT2D eigenvalue weighted by Crippen LogP contribution is -2.41. The lowest BCUT2D eigenvalue weighted by atomic mass is 10.2. The number of halogens is 2. The summed E-state index contributed by atoms with van der Waals surface area (Å²) in [5.74, 6) is -0.653. The Hall–Kier alpha value is -2.04. The third-order valence-corrected chi connectivity index (χ3v) is 3.46. The average Bonchev–Trinajstić information content (AvgIpc) is 2.50. The summed E-state index contributed by atoms with van der Waals surface area (Å²) in [5, 5.41) is 6.46. The highest BCUT2D eigenvalue weighted by molar-refractivity contribution is 6.31. The van der Waals surface area contributed by atoms with Crippen LogP contribution in [0.15, 0.2) is 48.5 Å². The molecule has 0 spiro atoms. The van der Waals surface area contributed by atoms with E-state index in [9.17, 15) is 9.59 Å². The first-order valence-electron chi connectivity index (χ1n) is 6.58. The Kier molecular flexibility index (Phi) is 5.41. The molecule has 0 aromatic heterocycles. The number of carbonyl (C=O) groups is 2. The maximum Gasteiger partial charge on any atom is 0.251 e. The summed E-state index contributed by atoms with van der Waals surface area (Å²) in [6, 6.07) is 12.5. The lowest BCUT2D eigenvalue weighted by molar-refractivity contribution is -0.117. The summed E-state index contributed by atoms with van der Waals surface area (Å²) in [7, 11) is 0. The summed E-state index contributed by atoms with van der Waals surface area (Å²) in [6.45, 7) is 1.61. The summed E-state index contributed by atoms with van der Waals surface area (Å²) in [4.78, 5) is 24.1. The molecule has 2 rings (SSSR count). The number of anilines is 1. The van der Waals surface area contributed by atoms with Crippen molar-refractivity contribution < 1.29 is 9.59 Å². The fourth-order valence-electron chi connectivity index (χ4n) is 1.73. The predicted molar refractivity (Wildman–Crippen MR) is 88.5 cm³/mol. The molecule has 2 aromatic rings. The van der Waals surface area contributed by atoms with E-state index in [0.717, 1.165) is 0 Å². The molecular weight excluding hydrogens is 323 g/mol. The Balaban J connectivity index is 1.94. The minimum Gasteiger partial charge on any atom is -0.341 e. The highest BCUT2D eigenvalue weighted by atomic mass is 35.5. The molecule has 114 valence electrons. The second-order valence-corrected chi connectivity index (χ2v) is 5.57. The Bertz CT molecular complexity index is 670. The van der Waals surface area contributed by atoms with Crippen molar-refractivity contribution in [2.75, 3.05) is 5.32 Å². The van der Waals surface area contributed by atoms with E-state index in [1.165, 1.54) is 0 Å². The van der Waals surface area contributed by atoms with Crippen molar-refractivity contribution in [3.63, 3.8) is 0 Å². The van der Waals surface area contributed by atoms with Gasteiger partial charge in [0.05, 0.1) is 0 Å². The molecule has 0 saturated carbocycles. The molecule has 0 radical (unpaired) electrons. The number of hydrogen-bond donors (Lipinski definition) is 2. The standard InChI is InChI=1S/C16H14Cl2N2O2/c1-10(15(21)20-14-8-6-13(18)7-9-14)19-16(22)11-2-4-12(17)5-3-11/h2-10H,1H3,(H,19,22)(H,20,21). The smallest absolute Gasteiger partial charge is 0.251 e. The Labute approximate surface area is 138 Å². The number of hydrogen-bond acceptors (Lipinski definition) is 2. The number of benzene rings is 2. The van der Waals surface area contributed by atoms with Crippen LogP contribution in [0.5, 0.6) is 0 Å². The number of amides is 2. The van der Waals surface area contributed by atoms with Crippen LogP contribution < -0.4 is 10.6 Å². The van der Waals surface area contributed by atoms with Gasteiger partial charge in [-0.2, -0.15) is 0 Å².